The molecule has 108 valence electrons. The predicted molar refractivity (Wildman–Crippen MR) is 76.5 cm³/mol. The van der Waals surface area contributed by atoms with Crippen LogP contribution in [0.3, 0.4) is 0 Å². The van der Waals surface area contributed by atoms with Crippen LogP contribution in [0.2, 0.25) is 0 Å². The number of carbonyl (C=O) groups is 1. The zero-order chi connectivity index (χ0) is 14.3. The number of nitrogens with two attached hydrogens (primary N) is 1. The lowest BCUT2D eigenvalue weighted by Gasteiger charge is -2.22. The Morgan fingerprint density at radius 2 is 2.21 bits per heavy atom. The van der Waals surface area contributed by atoms with E-state index in [9.17, 15) is 4.79 Å². The molecular weight excluding hydrogens is 240 g/mol. The van der Waals surface area contributed by atoms with Crippen molar-refractivity contribution in [1.82, 2.24) is 14.9 Å². The normalized spacial score (nSPS) is 13.3. The van der Waals surface area contributed by atoms with Crippen molar-refractivity contribution < 1.29 is 4.79 Å². The lowest BCUT2D eigenvalue weighted by molar-refractivity contribution is -0.121. The summed E-state index contributed by atoms with van der Waals surface area (Å²) in [4.78, 5) is 15.7. The minimum absolute atomic E-state index is 0.0439. The number of aromatic nitrogens is 2. The van der Waals surface area contributed by atoms with Crippen molar-refractivity contribution in [2.45, 2.75) is 52.6 Å². The first-order valence-corrected chi connectivity index (χ1v) is 6.85. The van der Waals surface area contributed by atoms with Crippen molar-refractivity contribution in [3.05, 3.63) is 18.7 Å². The van der Waals surface area contributed by atoms with Crippen LogP contribution in [0.4, 0.5) is 0 Å². The molecule has 0 saturated heterocycles. The molecule has 0 bridgehead atoms. The van der Waals surface area contributed by atoms with Crippen molar-refractivity contribution in [3.8, 4) is 0 Å². The standard InChI is InChI=1S/C14H26N4O/c1-14(2,3)10-12(15)9-13(19)17-5-4-7-18-8-6-16-11-18/h6,8,11-12H,4-5,7,9-10,15H2,1-3H3,(H,17,19). The van der Waals surface area contributed by atoms with E-state index in [-0.39, 0.29) is 17.4 Å². The Morgan fingerprint density at radius 3 is 2.79 bits per heavy atom. The molecule has 1 aromatic heterocycles. The first-order chi connectivity index (χ1) is 8.87. The first kappa shape index (κ1) is 15.7. The number of nitrogens with one attached hydrogen (secondary N) is 1. The van der Waals surface area contributed by atoms with Crippen LogP contribution in [-0.4, -0.2) is 28.0 Å². The van der Waals surface area contributed by atoms with Gasteiger partial charge in [0.25, 0.3) is 0 Å². The summed E-state index contributed by atoms with van der Waals surface area (Å²) in [5.74, 6) is 0.0439. The van der Waals surface area contributed by atoms with Crippen molar-refractivity contribution in [3.63, 3.8) is 0 Å². The van der Waals surface area contributed by atoms with Crippen LogP contribution in [0.25, 0.3) is 0 Å². The van der Waals surface area contributed by atoms with Crippen LogP contribution in [-0.2, 0) is 11.3 Å². The highest BCUT2D eigenvalue weighted by Gasteiger charge is 2.17. The number of carbonyl (C=O) groups excluding carboxylic acids is 1. The van der Waals surface area contributed by atoms with Crippen LogP contribution in [0.5, 0.6) is 0 Å². The van der Waals surface area contributed by atoms with Gasteiger partial charge in [0.2, 0.25) is 5.91 Å². The number of hydrogen-bond donors (Lipinski definition) is 2. The van der Waals surface area contributed by atoms with Crippen LogP contribution >= 0.6 is 0 Å². The number of nitrogens with zero attached hydrogens (tertiary/aromatic N) is 2. The van der Waals surface area contributed by atoms with E-state index in [0.717, 1.165) is 19.4 Å². The van der Waals surface area contributed by atoms with Gasteiger partial charge in [-0.25, -0.2) is 4.98 Å². The molecular formula is C14H26N4O. The number of hydrogen-bond acceptors (Lipinski definition) is 3. The van der Waals surface area contributed by atoms with Gasteiger partial charge in [-0.15, -0.1) is 0 Å². The van der Waals surface area contributed by atoms with E-state index in [1.165, 1.54) is 0 Å². The van der Waals surface area contributed by atoms with E-state index in [2.05, 4.69) is 31.1 Å². The molecule has 0 spiro atoms. The van der Waals surface area contributed by atoms with E-state index < -0.39 is 0 Å². The fraction of sp³-hybridized carbons (Fsp3) is 0.714. The molecule has 0 aliphatic heterocycles. The Bertz CT molecular complexity index is 367. The summed E-state index contributed by atoms with van der Waals surface area (Å²) >= 11 is 0. The maximum Gasteiger partial charge on any atom is 0.221 e. The Hall–Kier alpha value is -1.36. The summed E-state index contributed by atoms with van der Waals surface area (Å²) in [6, 6.07) is -0.0614. The van der Waals surface area contributed by atoms with Gasteiger partial charge in [-0.2, -0.15) is 0 Å². The van der Waals surface area contributed by atoms with Gasteiger partial charge in [0.1, 0.15) is 0 Å². The summed E-state index contributed by atoms with van der Waals surface area (Å²) in [6.07, 6.45) is 7.61. The molecule has 1 aromatic rings. The van der Waals surface area contributed by atoms with Gasteiger partial charge in [-0.1, -0.05) is 20.8 Å². The number of amides is 1. The van der Waals surface area contributed by atoms with Gasteiger partial charge < -0.3 is 15.6 Å². The summed E-state index contributed by atoms with van der Waals surface area (Å²) < 4.78 is 2.00. The molecule has 0 aliphatic rings. The molecule has 5 nitrogen and oxygen atoms in total. The molecule has 1 atom stereocenters. The zero-order valence-electron chi connectivity index (χ0n) is 12.2. The largest absolute Gasteiger partial charge is 0.356 e. The molecule has 1 unspecified atom stereocenters. The fourth-order valence-electron chi connectivity index (χ4n) is 2.08. The molecule has 0 aromatic carbocycles. The number of rotatable bonds is 7. The van der Waals surface area contributed by atoms with Crippen LogP contribution in [0.1, 0.15) is 40.0 Å². The highest BCUT2D eigenvalue weighted by molar-refractivity contribution is 5.76. The van der Waals surface area contributed by atoms with E-state index in [0.29, 0.717) is 13.0 Å². The molecule has 0 fully saturated rings. The second kappa shape index (κ2) is 7.28. The number of imidazole rings is 1. The molecule has 1 heterocycles. The zero-order valence-corrected chi connectivity index (χ0v) is 12.2. The molecule has 19 heavy (non-hydrogen) atoms. The van der Waals surface area contributed by atoms with Gasteiger partial charge in [0.05, 0.1) is 6.33 Å². The SMILES string of the molecule is CC(C)(C)CC(N)CC(=O)NCCCn1ccnc1. The second-order valence-corrected chi connectivity index (χ2v) is 6.23. The minimum atomic E-state index is -0.0614. The van der Waals surface area contributed by atoms with Gasteiger partial charge in [-0.3, -0.25) is 4.79 Å². The molecule has 1 rings (SSSR count). The van der Waals surface area contributed by atoms with Gasteiger partial charge >= 0.3 is 0 Å². The van der Waals surface area contributed by atoms with Crippen molar-refractivity contribution in [1.29, 1.82) is 0 Å². The molecule has 0 radical (unpaired) electrons. The van der Waals surface area contributed by atoms with E-state index in [1.807, 2.05) is 10.8 Å². The lowest BCUT2D eigenvalue weighted by atomic mass is 9.87. The van der Waals surface area contributed by atoms with Crippen LogP contribution in [0.15, 0.2) is 18.7 Å². The summed E-state index contributed by atoms with van der Waals surface area (Å²) in [5, 5.41) is 2.91. The second-order valence-electron chi connectivity index (χ2n) is 6.23. The summed E-state index contributed by atoms with van der Waals surface area (Å²) in [5.41, 5.74) is 6.14. The predicted octanol–water partition coefficient (Wildman–Crippen LogP) is 1.54. The Morgan fingerprint density at radius 1 is 1.47 bits per heavy atom. The Kier molecular flexibility index (Phi) is 6.02. The fourth-order valence-corrected chi connectivity index (χ4v) is 2.08. The molecule has 3 N–H and O–H groups in total. The van der Waals surface area contributed by atoms with E-state index in [1.54, 1.807) is 12.5 Å². The third kappa shape index (κ3) is 7.62. The first-order valence-electron chi connectivity index (χ1n) is 6.85. The molecule has 1 amide bonds. The Balaban J connectivity index is 2.10. The van der Waals surface area contributed by atoms with Crippen molar-refractivity contribution in [2.75, 3.05) is 6.54 Å². The highest BCUT2D eigenvalue weighted by Crippen LogP contribution is 2.20. The molecule has 0 aliphatic carbocycles. The number of aryl methyl sites for hydroxylation is 1. The average Bonchev–Trinajstić information content (AvgIpc) is 2.74. The van der Waals surface area contributed by atoms with Gasteiger partial charge in [0.15, 0.2) is 0 Å². The van der Waals surface area contributed by atoms with Crippen molar-refractivity contribution >= 4 is 5.91 Å². The van der Waals surface area contributed by atoms with Crippen LogP contribution < -0.4 is 11.1 Å². The van der Waals surface area contributed by atoms with Gasteiger partial charge in [0, 0.05) is 37.9 Å². The van der Waals surface area contributed by atoms with E-state index >= 15 is 0 Å². The monoisotopic (exact) mass is 266 g/mol. The highest BCUT2D eigenvalue weighted by atomic mass is 16.1. The minimum Gasteiger partial charge on any atom is -0.356 e. The summed E-state index contributed by atoms with van der Waals surface area (Å²) in [7, 11) is 0. The van der Waals surface area contributed by atoms with Crippen molar-refractivity contribution in [2.24, 2.45) is 11.1 Å². The third-order valence-electron chi connectivity index (χ3n) is 2.80. The van der Waals surface area contributed by atoms with E-state index in [4.69, 9.17) is 5.73 Å². The summed E-state index contributed by atoms with van der Waals surface area (Å²) in [6.45, 7) is 7.95. The quantitative estimate of drug-likeness (QED) is 0.735. The lowest BCUT2D eigenvalue weighted by Crippen LogP contribution is -2.34. The molecule has 0 saturated carbocycles. The topological polar surface area (TPSA) is 72.9 Å². The molecule has 5 heteroatoms. The maximum absolute atomic E-state index is 11.7. The van der Waals surface area contributed by atoms with Crippen LogP contribution in [0, 0.1) is 5.41 Å². The van der Waals surface area contributed by atoms with Gasteiger partial charge in [-0.05, 0) is 18.3 Å². The third-order valence-corrected chi connectivity index (χ3v) is 2.80. The average molecular weight is 266 g/mol. The maximum atomic E-state index is 11.7. The smallest absolute Gasteiger partial charge is 0.221 e. The Labute approximate surface area is 115 Å².